The third kappa shape index (κ3) is 2.24. The minimum atomic E-state index is -0.519. The number of rotatable bonds is 2. The van der Waals surface area contributed by atoms with Gasteiger partial charge >= 0.3 is 0 Å². The molecule has 6 rings (SSSR count). The number of nitrogens with zero attached hydrogens (tertiary/aromatic N) is 2. The zero-order valence-corrected chi connectivity index (χ0v) is 16.2. The van der Waals surface area contributed by atoms with Crippen molar-refractivity contribution < 1.29 is 19.2 Å². The van der Waals surface area contributed by atoms with E-state index in [1.807, 2.05) is 43.3 Å². The predicted octanol–water partition coefficient (Wildman–Crippen LogP) is 2.95. The molecule has 4 aliphatic heterocycles. The monoisotopic (exact) mass is 408 g/mol. The van der Waals surface area contributed by atoms with E-state index in [2.05, 4.69) is 5.16 Å². The number of carbonyl (C=O) groups is 2. The molecule has 0 saturated carbocycles. The number of fused-ring (bicyclic) bond motifs is 8. The zero-order chi connectivity index (χ0) is 19.9. The topological polar surface area (TPSA) is 68.2 Å². The molecule has 0 spiro atoms. The molecule has 4 aliphatic rings. The van der Waals surface area contributed by atoms with Crippen LogP contribution in [0.3, 0.4) is 0 Å². The third-order valence-electron chi connectivity index (χ3n) is 6.47. The van der Waals surface area contributed by atoms with Gasteiger partial charge in [0.1, 0.15) is 6.10 Å². The molecule has 0 aromatic heterocycles. The second kappa shape index (κ2) is 5.90. The molecular weight excluding hydrogens is 392 g/mol. The predicted molar refractivity (Wildman–Crippen MR) is 106 cm³/mol. The summed E-state index contributed by atoms with van der Waals surface area (Å²) in [7, 11) is 0. The first-order valence-electron chi connectivity index (χ1n) is 9.64. The number of halogens is 1. The van der Waals surface area contributed by atoms with E-state index in [0.717, 1.165) is 16.8 Å². The van der Waals surface area contributed by atoms with Crippen LogP contribution in [0, 0.1) is 24.7 Å². The van der Waals surface area contributed by atoms with Crippen LogP contribution in [0.2, 0.25) is 5.02 Å². The van der Waals surface area contributed by atoms with Crippen molar-refractivity contribution in [2.45, 2.75) is 25.2 Å². The van der Waals surface area contributed by atoms with Crippen molar-refractivity contribution in [1.82, 2.24) is 0 Å². The highest BCUT2D eigenvalue weighted by Gasteiger charge is 2.72. The molecule has 146 valence electrons. The molecule has 3 fully saturated rings. The van der Waals surface area contributed by atoms with Gasteiger partial charge < -0.3 is 9.57 Å². The van der Waals surface area contributed by atoms with E-state index >= 15 is 0 Å². The molecule has 0 N–H and O–H groups in total. The Hall–Kier alpha value is -2.70. The summed E-state index contributed by atoms with van der Waals surface area (Å²) in [5, 5.41) is 4.92. The van der Waals surface area contributed by atoms with E-state index in [0.29, 0.717) is 10.7 Å². The number of benzene rings is 2. The molecule has 0 radical (unpaired) electrons. The maximum atomic E-state index is 13.3. The maximum Gasteiger partial charge on any atom is 0.240 e. The van der Waals surface area contributed by atoms with Crippen molar-refractivity contribution in [3.05, 3.63) is 64.7 Å². The molecule has 0 aliphatic carbocycles. The van der Waals surface area contributed by atoms with E-state index in [1.54, 1.807) is 12.1 Å². The van der Waals surface area contributed by atoms with Crippen LogP contribution in [0.25, 0.3) is 0 Å². The van der Waals surface area contributed by atoms with Crippen molar-refractivity contribution in [2.75, 3.05) is 4.90 Å². The van der Waals surface area contributed by atoms with Gasteiger partial charge in [0.25, 0.3) is 0 Å². The Balaban J connectivity index is 1.35. The SMILES string of the molecule is Cc1ccc(N2C(=O)[C@@H]3[C@H]4O[C@H]([C@H]5ON=C(c6ccc(Cl)cc6)[C@H]54)[C@@H]3C2=O)cc1. The van der Waals surface area contributed by atoms with Crippen LogP contribution in [0.1, 0.15) is 11.1 Å². The third-order valence-corrected chi connectivity index (χ3v) is 6.72. The smallest absolute Gasteiger partial charge is 0.240 e. The first kappa shape index (κ1) is 17.2. The normalized spacial score (nSPS) is 34.3. The minimum absolute atomic E-state index is 0.169. The zero-order valence-electron chi connectivity index (χ0n) is 15.5. The van der Waals surface area contributed by atoms with Crippen LogP contribution in [0.4, 0.5) is 5.69 Å². The Bertz CT molecular complexity index is 1070. The van der Waals surface area contributed by atoms with Gasteiger partial charge in [-0.3, -0.25) is 9.59 Å². The first-order valence-corrected chi connectivity index (χ1v) is 10.0. The largest absolute Gasteiger partial charge is 0.389 e. The Morgan fingerprint density at radius 2 is 1.52 bits per heavy atom. The minimum Gasteiger partial charge on any atom is -0.389 e. The second-order valence-corrected chi connectivity index (χ2v) is 8.48. The van der Waals surface area contributed by atoms with Crippen LogP contribution in [-0.4, -0.2) is 35.8 Å². The molecule has 0 unspecified atom stereocenters. The molecule has 2 amide bonds. The number of ether oxygens (including phenoxy) is 1. The molecule has 29 heavy (non-hydrogen) atoms. The summed E-state index contributed by atoms with van der Waals surface area (Å²) >= 11 is 6.00. The van der Waals surface area contributed by atoms with Crippen LogP contribution in [0.15, 0.2) is 53.7 Å². The fraction of sp³-hybridized carbons (Fsp3) is 0.318. The Kier molecular flexibility index (Phi) is 3.50. The van der Waals surface area contributed by atoms with Crippen molar-refractivity contribution in [1.29, 1.82) is 0 Å². The van der Waals surface area contributed by atoms with E-state index in [-0.39, 0.29) is 23.8 Å². The highest BCUT2D eigenvalue weighted by atomic mass is 35.5. The molecule has 2 aromatic carbocycles. The number of anilines is 1. The lowest BCUT2D eigenvalue weighted by atomic mass is 9.71. The van der Waals surface area contributed by atoms with E-state index in [4.69, 9.17) is 21.2 Å². The molecule has 3 saturated heterocycles. The van der Waals surface area contributed by atoms with Crippen LogP contribution < -0.4 is 4.90 Å². The van der Waals surface area contributed by atoms with Crippen molar-refractivity contribution in [2.24, 2.45) is 22.9 Å². The summed E-state index contributed by atoms with van der Waals surface area (Å²) < 4.78 is 6.13. The molecule has 6 nitrogen and oxygen atoms in total. The number of imide groups is 1. The number of hydrogen-bond acceptors (Lipinski definition) is 5. The van der Waals surface area contributed by atoms with Gasteiger partial charge in [-0.25, -0.2) is 4.90 Å². The molecule has 4 heterocycles. The lowest BCUT2D eigenvalue weighted by molar-refractivity contribution is -0.125. The van der Waals surface area contributed by atoms with Crippen LogP contribution in [0.5, 0.6) is 0 Å². The molecular formula is C22H17ClN2O4. The highest BCUT2D eigenvalue weighted by Crippen LogP contribution is 2.55. The quantitative estimate of drug-likeness (QED) is 0.716. The van der Waals surface area contributed by atoms with Gasteiger partial charge in [0, 0.05) is 5.02 Å². The van der Waals surface area contributed by atoms with E-state index < -0.39 is 24.0 Å². The van der Waals surface area contributed by atoms with Crippen LogP contribution in [-0.2, 0) is 19.2 Å². The number of oxime groups is 1. The standard InChI is InChI=1S/C22H17ClN2O4/c1-10-2-8-13(9-3-10)25-21(26)14-15(22(25)27)19-20-16(18(14)28-19)17(24-29-20)11-4-6-12(23)7-5-11/h2-9,14-16,18-20H,1H3/t14-,15+,16-,18+,19-,20-/m0/s1. The fourth-order valence-electron chi connectivity index (χ4n) is 5.16. The lowest BCUT2D eigenvalue weighted by Gasteiger charge is -2.26. The van der Waals surface area contributed by atoms with Crippen LogP contribution >= 0.6 is 11.6 Å². The summed E-state index contributed by atoms with van der Waals surface area (Å²) in [6.07, 6.45) is -1.23. The summed E-state index contributed by atoms with van der Waals surface area (Å²) in [6.45, 7) is 1.97. The summed E-state index contributed by atoms with van der Waals surface area (Å²) in [5.41, 5.74) is 3.33. The Morgan fingerprint density at radius 1 is 0.862 bits per heavy atom. The Labute approximate surface area is 172 Å². The average molecular weight is 409 g/mol. The first-order chi connectivity index (χ1) is 14.0. The van der Waals surface area contributed by atoms with Gasteiger partial charge in [0.2, 0.25) is 11.8 Å². The average Bonchev–Trinajstić information content (AvgIpc) is 3.44. The van der Waals surface area contributed by atoms with Gasteiger partial charge in [-0.15, -0.1) is 0 Å². The second-order valence-electron chi connectivity index (χ2n) is 8.04. The van der Waals surface area contributed by atoms with Crippen molar-refractivity contribution in [3.8, 4) is 0 Å². The Morgan fingerprint density at radius 3 is 2.21 bits per heavy atom. The van der Waals surface area contributed by atoms with E-state index in [1.165, 1.54) is 4.90 Å². The number of amides is 2. The number of hydrogen-bond donors (Lipinski definition) is 0. The van der Waals surface area contributed by atoms with E-state index in [9.17, 15) is 9.59 Å². The molecule has 7 heteroatoms. The highest BCUT2D eigenvalue weighted by molar-refractivity contribution is 6.30. The van der Waals surface area contributed by atoms with Crippen molar-refractivity contribution >= 4 is 34.8 Å². The summed E-state index contributed by atoms with van der Waals surface area (Å²) in [5.74, 6) is -1.60. The summed E-state index contributed by atoms with van der Waals surface area (Å²) in [6, 6.07) is 14.8. The van der Waals surface area contributed by atoms with Gasteiger partial charge in [0.05, 0.1) is 35.3 Å². The maximum absolute atomic E-state index is 13.3. The fourth-order valence-corrected chi connectivity index (χ4v) is 5.29. The number of aryl methyl sites for hydroxylation is 1. The summed E-state index contributed by atoms with van der Waals surface area (Å²) in [4.78, 5) is 33.5. The molecule has 6 atom stereocenters. The lowest BCUT2D eigenvalue weighted by Crippen LogP contribution is -2.45. The van der Waals surface area contributed by atoms with Gasteiger partial charge in [-0.05, 0) is 36.8 Å². The van der Waals surface area contributed by atoms with Crippen molar-refractivity contribution in [3.63, 3.8) is 0 Å². The van der Waals surface area contributed by atoms with Gasteiger partial charge in [-0.2, -0.15) is 0 Å². The van der Waals surface area contributed by atoms with Gasteiger partial charge in [0.15, 0.2) is 6.10 Å². The van der Waals surface area contributed by atoms with Gasteiger partial charge in [-0.1, -0.05) is 46.6 Å². The number of carbonyl (C=O) groups excluding carboxylic acids is 2. The molecule has 2 aromatic rings. The molecule has 2 bridgehead atoms.